The fourth-order valence-electron chi connectivity index (χ4n) is 3.93. The van der Waals surface area contributed by atoms with Crippen LogP contribution in [0.1, 0.15) is 61.1 Å². The average Bonchev–Trinajstić information content (AvgIpc) is 2.74. The summed E-state index contributed by atoms with van der Waals surface area (Å²) in [5.74, 6) is 0.263. The Morgan fingerprint density at radius 3 is 2.48 bits per heavy atom. The molecule has 7 heteroatoms. The number of rotatable bonds is 8. The maximum atomic E-state index is 12.3. The number of halogens is 1. The predicted octanol–water partition coefficient (Wildman–Crippen LogP) is 5.54. The maximum absolute atomic E-state index is 12.3. The Balaban J connectivity index is 1.58. The molecule has 6 nitrogen and oxygen atoms in total. The molecule has 166 valence electrons. The van der Waals surface area contributed by atoms with E-state index in [1.54, 1.807) is 12.1 Å². The summed E-state index contributed by atoms with van der Waals surface area (Å²) >= 11 is 3.44. The van der Waals surface area contributed by atoms with Crippen LogP contribution in [0, 0.1) is 5.92 Å². The van der Waals surface area contributed by atoms with Crippen LogP contribution < -0.4 is 15.4 Å². The summed E-state index contributed by atoms with van der Waals surface area (Å²) < 4.78 is 7.11. The van der Waals surface area contributed by atoms with Crippen molar-refractivity contribution in [2.45, 2.75) is 51.2 Å². The minimum Gasteiger partial charge on any atom is -0.486 e. The van der Waals surface area contributed by atoms with Crippen molar-refractivity contribution in [2.24, 2.45) is 5.92 Å². The van der Waals surface area contributed by atoms with E-state index in [4.69, 9.17) is 9.84 Å². The average molecular weight is 489 g/mol. The highest BCUT2D eigenvalue weighted by molar-refractivity contribution is 9.10. The zero-order valence-corrected chi connectivity index (χ0v) is 19.2. The molecule has 1 saturated carbocycles. The van der Waals surface area contributed by atoms with E-state index >= 15 is 0 Å². The summed E-state index contributed by atoms with van der Waals surface area (Å²) in [6.07, 6.45) is 4.76. The first kappa shape index (κ1) is 23.1. The number of carbonyl (C=O) groups excluding carboxylic acids is 1. The molecule has 3 atom stereocenters. The summed E-state index contributed by atoms with van der Waals surface area (Å²) in [5, 5.41) is 15.1. The van der Waals surface area contributed by atoms with Crippen molar-refractivity contribution in [3.63, 3.8) is 0 Å². The van der Waals surface area contributed by atoms with Crippen LogP contribution in [-0.4, -0.2) is 29.7 Å². The fraction of sp³-hybridized carbons (Fsp3) is 0.417. The second-order valence-corrected chi connectivity index (χ2v) is 9.06. The summed E-state index contributed by atoms with van der Waals surface area (Å²) in [7, 11) is 0. The van der Waals surface area contributed by atoms with E-state index in [2.05, 4.69) is 33.5 Å². The van der Waals surface area contributed by atoms with Crippen molar-refractivity contribution in [3.8, 4) is 5.75 Å². The van der Waals surface area contributed by atoms with E-state index in [1.807, 2.05) is 24.3 Å². The second kappa shape index (κ2) is 11.2. The fourth-order valence-corrected chi connectivity index (χ4v) is 4.19. The number of urea groups is 1. The van der Waals surface area contributed by atoms with Crippen LogP contribution in [0.2, 0.25) is 0 Å². The van der Waals surface area contributed by atoms with Crippen molar-refractivity contribution >= 4 is 27.9 Å². The monoisotopic (exact) mass is 488 g/mol. The van der Waals surface area contributed by atoms with Gasteiger partial charge in [-0.3, -0.25) is 0 Å². The van der Waals surface area contributed by atoms with Crippen LogP contribution in [0.15, 0.2) is 53.0 Å². The number of benzene rings is 2. The van der Waals surface area contributed by atoms with E-state index in [9.17, 15) is 9.59 Å². The van der Waals surface area contributed by atoms with Gasteiger partial charge in [0.25, 0.3) is 0 Å². The van der Waals surface area contributed by atoms with Gasteiger partial charge < -0.3 is 20.5 Å². The highest BCUT2D eigenvalue weighted by atomic mass is 79.9. The molecule has 2 amide bonds. The van der Waals surface area contributed by atoms with Gasteiger partial charge in [0.05, 0.1) is 5.56 Å². The van der Waals surface area contributed by atoms with Crippen LogP contribution in [0.4, 0.5) is 4.79 Å². The Morgan fingerprint density at radius 2 is 1.84 bits per heavy atom. The number of amides is 2. The highest BCUT2D eigenvalue weighted by Gasteiger charge is 2.20. The number of carbonyl (C=O) groups is 2. The molecule has 0 bridgehead atoms. The number of aromatic carboxylic acids is 1. The number of carboxylic acids is 1. The predicted molar refractivity (Wildman–Crippen MR) is 123 cm³/mol. The standard InChI is InChI=1S/C24H29BrN2O4/c1-16-3-2-4-20(15-16)27-24(30)26-14-13-22(17-5-9-19(25)10-6-17)31-21-11-7-18(8-12-21)23(28)29/h5-12,16,20,22H,2-4,13-15H2,1H3,(H,28,29)(H2,26,27,30). The third-order valence-electron chi connectivity index (χ3n) is 5.59. The molecule has 0 heterocycles. The second-order valence-electron chi connectivity index (χ2n) is 8.15. The maximum Gasteiger partial charge on any atom is 0.335 e. The molecule has 0 radical (unpaired) electrons. The lowest BCUT2D eigenvalue weighted by Crippen LogP contribution is -2.44. The van der Waals surface area contributed by atoms with Gasteiger partial charge in [0.15, 0.2) is 0 Å². The van der Waals surface area contributed by atoms with Gasteiger partial charge in [-0.05, 0) is 60.7 Å². The summed E-state index contributed by atoms with van der Waals surface area (Å²) in [6, 6.07) is 14.3. The molecular weight excluding hydrogens is 460 g/mol. The molecule has 3 unspecified atom stereocenters. The SMILES string of the molecule is CC1CCCC(NC(=O)NCCC(Oc2ccc(C(=O)O)cc2)c2ccc(Br)cc2)C1. The minimum atomic E-state index is -0.974. The van der Waals surface area contributed by atoms with Crippen molar-refractivity contribution in [3.05, 3.63) is 64.1 Å². The molecule has 1 aliphatic rings. The first-order valence-corrected chi connectivity index (χ1v) is 11.5. The molecule has 2 aromatic rings. The third-order valence-corrected chi connectivity index (χ3v) is 6.11. The number of hydrogen-bond acceptors (Lipinski definition) is 3. The zero-order chi connectivity index (χ0) is 22.2. The third kappa shape index (κ3) is 7.28. The highest BCUT2D eigenvalue weighted by Crippen LogP contribution is 2.26. The van der Waals surface area contributed by atoms with Crippen molar-refractivity contribution in [2.75, 3.05) is 6.54 Å². The zero-order valence-electron chi connectivity index (χ0n) is 17.6. The van der Waals surface area contributed by atoms with Gasteiger partial charge in [-0.2, -0.15) is 0 Å². The number of ether oxygens (including phenoxy) is 1. The van der Waals surface area contributed by atoms with Crippen molar-refractivity contribution < 1.29 is 19.4 Å². The molecule has 0 aliphatic heterocycles. The van der Waals surface area contributed by atoms with Crippen molar-refractivity contribution in [1.29, 1.82) is 0 Å². The molecule has 0 saturated heterocycles. The van der Waals surface area contributed by atoms with Gasteiger partial charge in [0.1, 0.15) is 11.9 Å². The Hall–Kier alpha value is -2.54. The van der Waals surface area contributed by atoms with Gasteiger partial charge in [-0.25, -0.2) is 9.59 Å². The lowest BCUT2D eigenvalue weighted by molar-refractivity contribution is 0.0696. The Morgan fingerprint density at radius 1 is 1.13 bits per heavy atom. The van der Waals surface area contributed by atoms with Crippen LogP contribution >= 0.6 is 15.9 Å². The van der Waals surface area contributed by atoms with E-state index in [-0.39, 0.29) is 23.7 Å². The lowest BCUT2D eigenvalue weighted by Gasteiger charge is -2.27. The molecular formula is C24H29BrN2O4. The molecule has 1 aliphatic carbocycles. The van der Waals surface area contributed by atoms with Crippen molar-refractivity contribution in [1.82, 2.24) is 10.6 Å². The number of carboxylic acid groups (broad SMARTS) is 1. The normalized spacial score (nSPS) is 19.3. The number of nitrogens with one attached hydrogen (secondary N) is 2. The quantitative estimate of drug-likeness (QED) is 0.455. The minimum absolute atomic E-state index is 0.139. The van der Waals surface area contributed by atoms with Gasteiger partial charge in [0.2, 0.25) is 0 Å². The van der Waals surface area contributed by atoms with Crippen LogP contribution in [0.5, 0.6) is 5.75 Å². The van der Waals surface area contributed by atoms with Gasteiger partial charge >= 0.3 is 12.0 Å². The topological polar surface area (TPSA) is 87.7 Å². The van der Waals surface area contributed by atoms with Gasteiger partial charge in [-0.15, -0.1) is 0 Å². The van der Waals surface area contributed by atoms with E-state index in [0.29, 0.717) is 24.6 Å². The molecule has 3 N–H and O–H groups in total. The van der Waals surface area contributed by atoms with Crippen LogP contribution in [0.3, 0.4) is 0 Å². The van der Waals surface area contributed by atoms with E-state index in [0.717, 1.165) is 29.3 Å². The van der Waals surface area contributed by atoms with Crippen LogP contribution in [0.25, 0.3) is 0 Å². The largest absolute Gasteiger partial charge is 0.486 e. The lowest BCUT2D eigenvalue weighted by atomic mass is 9.87. The van der Waals surface area contributed by atoms with Gasteiger partial charge in [0, 0.05) is 23.5 Å². The molecule has 0 spiro atoms. The first-order valence-electron chi connectivity index (χ1n) is 10.7. The molecule has 3 rings (SSSR count). The van der Waals surface area contributed by atoms with E-state index in [1.165, 1.54) is 18.6 Å². The molecule has 31 heavy (non-hydrogen) atoms. The first-order chi connectivity index (χ1) is 14.9. The van der Waals surface area contributed by atoms with Gasteiger partial charge in [-0.1, -0.05) is 47.8 Å². The Kier molecular flexibility index (Phi) is 8.35. The molecule has 1 fully saturated rings. The Bertz CT molecular complexity index is 870. The molecule has 2 aromatic carbocycles. The smallest absolute Gasteiger partial charge is 0.335 e. The summed E-state index contributed by atoms with van der Waals surface area (Å²) in [5.41, 5.74) is 1.19. The van der Waals surface area contributed by atoms with Crippen LogP contribution in [-0.2, 0) is 0 Å². The Labute approximate surface area is 191 Å². The summed E-state index contributed by atoms with van der Waals surface area (Å²) in [4.78, 5) is 23.4. The molecule has 0 aromatic heterocycles. The van der Waals surface area contributed by atoms with E-state index < -0.39 is 5.97 Å². The number of hydrogen-bond donors (Lipinski definition) is 3. The summed E-state index contributed by atoms with van der Waals surface area (Å²) in [6.45, 7) is 2.69.